The van der Waals surface area contributed by atoms with E-state index in [2.05, 4.69) is 5.32 Å². The van der Waals surface area contributed by atoms with Gasteiger partial charge in [-0.05, 0) is 37.1 Å². The number of aryl methyl sites for hydroxylation is 1. The number of carbonyl (C=O) groups is 1. The average molecular weight is 332 g/mol. The Morgan fingerprint density at radius 1 is 1.29 bits per heavy atom. The van der Waals surface area contributed by atoms with Gasteiger partial charge < -0.3 is 10.1 Å². The van der Waals surface area contributed by atoms with Crippen molar-refractivity contribution in [3.05, 3.63) is 64.0 Å². The van der Waals surface area contributed by atoms with Crippen molar-refractivity contribution in [2.24, 2.45) is 0 Å². The quantitative estimate of drug-likeness (QED) is 0.619. The van der Waals surface area contributed by atoms with Gasteiger partial charge in [0.05, 0.1) is 11.5 Å². The molecule has 1 amide bonds. The van der Waals surface area contributed by atoms with Crippen LogP contribution in [0.2, 0.25) is 0 Å². The predicted octanol–water partition coefficient (Wildman–Crippen LogP) is 3.70. The van der Waals surface area contributed by atoms with Gasteiger partial charge in [0.15, 0.2) is 0 Å². The molecule has 126 valence electrons. The monoisotopic (exact) mass is 332 g/mol. The topological polar surface area (TPSA) is 81.5 Å². The van der Waals surface area contributed by atoms with Crippen LogP contribution in [0.25, 0.3) is 0 Å². The summed E-state index contributed by atoms with van der Waals surface area (Å²) in [4.78, 5) is 21.9. The maximum absolute atomic E-state index is 13.3. The Balaban J connectivity index is 1.99. The molecule has 0 aliphatic rings. The number of nitrogens with one attached hydrogen (secondary N) is 1. The minimum absolute atomic E-state index is 0.176. The molecule has 0 bridgehead atoms. The molecule has 2 aromatic rings. The van der Waals surface area contributed by atoms with Crippen LogP contribution in [0.3, 0.4) is 0 Å². The van der Waals surface area contributed by atoms with E-state index in [4.69, 9.17) is 4.74 Å². The van der Waals surface area contributed by atoms with Crippen LogP contribution < -0.4 is 10.1 Å². The highest BCUT2D eigenvalue weighted by molar-refractivity contribution is 5.91. The molecular weight excluding hydrogens is 315 g/mol. The molecule has 2 rings (SSSR count). The Morgan fingerprint density at radius 3 is 2.75 bits per heavy atom. The van der Waals surface area contributed by atoms with Gasteiger partial charge in [-0.3, -0.25) is 14.9 Å². The largest absolute Gasteiger partial charge is 0.494 e. The highest BCUT2D eigenvalue weighted by Crippen LogP contribution is 2.23. The summed E-state index contributed by atoms with van der Waals surface area (Å²) in [6.45, 7) is 2.41. The summed E-state index contributed by atoms with van der Waals surface area (Å²) in [6, 6.07) is 10.7. The molecule has 0 aliphatic heterocycles. The molecule has 0 heterocycles. The van der Waals surface area contributed by atoms with E-state index in [1.807, 2.05) is 31.2 Å². The Labute approximate surface area is 138 Å². The van der Waals surface area contributed by atoms with Gasteiger partial charge in [0.2, 0.25) is 11.7 Å². The van der Waals surface area contributed by atoms with Crippen molar-refractivity contribution in [2.75, 3.05) is 11.9 Å². The molecule has 0 aromatic heterocycles. The fraction of sp³-hybridized carbons (Fsp3) is 0.235. The molecule has 0 radical (unpaired) electrons. The first-order valence-electron chi connectivity index (χ1n) is 7.45. The number of nitrogens with zero attached hydrogens (tertiary/aromatic N) is 1. The van der Waals surface area contributed by atoms with E-state index < -0.39 is 16.4 Å². The lowest BCUT2D eigenvalue weighted by Gasteiger charge is -2.10. The highest BCUT2D eigenvalue weighted by atomic mass is 19.1. The maximum Gasteiger partial charge on any atom is 0.306 e. The van der Waals surface area contributed by atoms with E-state index >= 15 is 0 Å². The molecule has 24 heavy (non-hydrogen) atoms. The number of nitro groups is 1. The molecule has 0 spiro atoms. The number of amides is 1. The zero-order valence-electron chi connectivity index (χ0n) is 13.1. The predicted molar refractivity (Wildman–Crippen MR) is 87.6 cm³/mol. The number of ether oxygens (including phenoxy) is 1. The second-order valence-corrected chi connectivity index (χ2v) is 5.01. The lowest BCUT2D eigenvalue weighted by molar-refractivity contribution is -0.387. The van der Waals surface area contributed by atoms with Crippen LogP contribution in [0.4, 0.5) is 15.8 Å². The van der Waals surface area contributed by atoms with E-state index in [0.29, 0.717) is 13.0 Å². The van der Waals surface area contributed by atoms with E-state index in [1.165, 1.54) is 6.07 Å². The third-order valence-corrected chi connectivity index (χ3v) is 3.32. The number of benzene rings is 2. The van der Waals surface area contributed by atoms with Gasteiger partial charge in [-0.1, -0.05) is 18.2 Å². The standard InChI is InChI=1S/C17H17FN2O4/c1-2-24-16-6-4-3-5-12(16)7-10-17(21)19-13-8-9-14(18)15(11-13)20(22)23/h3-6,8-9,11H,2,7,10H2,1H3,(H,19,21). The Morgan fingerprint density at radius 2 is 2.04 bits per heavy atom. The lowest BCUT2D eigenvalue weighted by Crippen LogP contribution is -2.13. The SMILES string of the molecule is CCOc1ccccc1CCC(=O)Nc1ccc(F)c([N+](=O)[O-])c1. The first-order chi connectivity index (χ1) is 11.5. The van der Waals surface area contributed by atoms with Crippen molar-refractivity contribution in [3.8, 4) is 5.75 Å². The van der Waals surface area contributed by atoms with Crippen molar-refractivity contribution in [1.82, 2.24) is 0 Å². The van der Waals surface area contributed by atoms with E-state index in [1.54, 1.807) is 0 Å². The molecular formula is C17H17FN2O4. The molecule has 6 nitrogen and oxygen atoms in total. The molecule has 0 unspecified atom stereocenters. The summed E-state index contributed by atoms with van der Waals surface area (Å²) >= 11 is 0. The van der Waals surface area contributed by atoms with Gasteiger partial charge in [0, 0.05) is 18.2 Å². The molecule has 0 saturated heterocycles. The molecule has 0 fully saturated rings. The van der Waals surface area contributed by atoms with Crippen molar-refractivity contribution >= 4 is 17.3 Å². The molecule has 1 N–H and O–H groups in total. The first-order valence-corrected chi connectivity index (χ1v) is 7.45. The molecule has 2 aromatic carbocycles. The Bertz CT molecular complexity index is 749. The van der Waals surface area contributed by atoms with Crippen molar-refractivity contribution in [1.29, 1.82) is 0 Å². The van der Waals surface area contributed by atoms with Gasteiger partial charge in [-0.25, -0.2) is 0 Å². The van der Waals surface area contributed by atoms with Crippen LogP contribution in [0, 0.1) is 15.9 Å². The van der Waals surface area contributed by atoms with Gasteiger partial charge in [-0.2, -0.15) is 4.39 Å². The normalized spacial score (nSPS) is 10.2. The number of para-hydroxylation sites is 1. The van der Waals surface area contributed by atoms with Crippen LogP contribution in [0.5, 0.6) is 5.75 Å². The summed E-state index contributed by atoms with van der Waals surface area (Å²) < 4.78 is 18.8. The summed E-state index contributed by atoms with van der Waals surface area (Å²) in [5.41, 5.74) is 0.417. The van der Waals surface area contributed by atoms with E-state index in [0.717, 1.165) is 23.4 Å². The van der Waals surface area contributed by atoms with Crippen LogP contribution in [0.15, 0.2) is 42.5 Å². The van der Waals surface area contributed by atoms with Crippen LogP contribution in [-0.4, -0.2) is 17.4 Å². The zero-order valence-corrected chi connectivity index (χ0v) is 13.1. The Kier molecular flexibility index (Phi) is 5.83. The number of anilines is 1. The third-order valence-electron chi connectivity index (χ3n) is 3.32. The number of nitro benzene ring substituents is 1. The highest BCUT2D eigenvalue weighted by Gasteiger charge is 2.15. The molecule has 0 aliphatic carbocycles. The van der Waals surface area contributed by atoms with Gasteiger partial charge >= 0.3 is 5.69 Å². The average Bonchev–Trinajstić information content (AvgIpc) is 2.56. The van der Waals surface area contributed by atoms with E-state index in [-0.39, 0.29) is 18.0 Å². The molecule has 0 saturated carbocycles. The van der Waals surface area contributed by atoms with Gasteiger partial charge in [-0.15, -0.1) is 0 Å². The lowest BCUT2D eigenvalue weighted by atomic mass is 10.1. The zero-order chi connectivity index (χ0) is 17.5. The van der Waals surface area contributed by atoms with Gasteiger partial charge in [0.25, 0.3) is 0 Å². The minimum Gasteiger partial charge on any atom is -0.494 e. The summed E-state index contributed by atoms with van der Waals surface area (Å²) in [5, 5.41) is 13.2. The first kappa shape index (κ1) is 17.4. The number of hydrogen-bond donors (Lipinski definition) is 1. The number of halogens is 1. The van der Waals surface area contributed by atoms with Crippen molar-refractivity contribution in [3.63, 3.8) is 0 Å². The summed E-state index contributed by atoms with van der Waals surface area (Å²) in [5.74, 6) is -0.531. The maximum atomic E-state index is 13.3. The fourth-order valence-corrected chi connectivity index (χ4v) is 2.21. The van der Waals surface area contributed by atoms with Gasteiger partial charge in [0.1, 0.15) is 5.75 Å². The number of carbonyl (C=O) groups excluding carboxylic acids is 1. The fourth-order valence-electron chi connectivity index (χ4n) is 2.21. The number of hydrogen-bond acceptors (Lipinski definition) is 4. The molecule has 0 atom stereocenters. The number of rotatable bonds is 7. The molecule has 7 heteroatoms. The second kappa shape index (κ2) is 8.05. The Hall–Kier alpha value is -2.96. The van der Waals surface area contributed by atoms with Crippen LogP contribution in [-0.2, 0) is 11.2 Å². The minimum atomic E-state index is -0.941. The second-order valence-electron chi connectivity index (χ2n) is 5.01. The van der Waals surface area contributed by atoms with Crippen molar-refractivity contribution in [2.45, 2.75) is 19.8 Å². The smallest absolute Gasteiger partial charge is 0.306 e. The van der Waals surface area contributed by atoms with E-state index in [9.17, 15) is 19.3 Å². The van der Waals surface area contributed by atoms with Crippen LogP contribution in [0.1, 0.15) is 18.9 Å². The van der Waals surface area contributed by atoms with Crippen LogP contribution >= 0.6 is 0 Å². The summed E-state index contributed by atoms with van der Waals surface area (Å²) in [7, 11) is 0. The third kappa shape index (κ3) is 4.52. The van der Waals surface area contributed by atoms with Crippen molar-refractivity contribution < 1.29 is 18.8 Å². The summed E-state index contributed by atoms with van der Waals surface area (Å²) in [6.07, 6.45) is 0.639.